The van der Waals surface area contributed by atoms with Crippen LogP contribution < -0.4 is 24.6 Å². The lowest BCUT2D eigenvalue weighted by molar-refractivity contribution is -0.384. The van der Waals surface area contributed by atoms with Gasteiger partial charge >= 0.3 is 0 Å². The van der Waals surface area contributed by atoms with Crippen molar-refractivity contribution >= 4 is 55.4 Å². The average Bonchev–Trinajstić information content (AvgIpc) is 4.01. The molecule has 10 rings (SSSR count). The zero-order valence-corrected chi connectivity index (χ0v) is 38.8. The summed E-state index contributed by atoms with van der Waals surface area (Å²) in [5.74, 6) is -0.206. The van der Waals surface area contributed by atoms with E-state index in [2.05, 4.69) is 49.1 Å². The molecule has 16 nitrogen and oxygen atoms in total. The first-order chi connectivity index (χ1) is 32.3. The molecule has 4 aliphatic heterocycles. The number of hydrogen-bond acceptors (Lipinski definition) is 13. The van der Waals surface area contributed by atoms with Crippen LogP contribution in [-0.2, 0) is 20.2 Å². The number of rotatable bonds is 12. The van der Waals surface area contributed by atoms with Gasteiger partial charge in [-0.3, -0.25) is 19.8 Å². The van der Waals surface area contributed by atoms with Crippen molar-refractivity contribution in [3.63, 3.8) is 0 Å². The average molecular weight is 928 g/mol. The third-order valence-electron chi connectivity index (χ3n) is 15.0. The summed E-state index contributed by atoms with van der Waals surface area (Å²) in [5.41, 5.74) is 4.74. The molecule has 4 fully saturated rings. The summed E-state index contributed by atoms with van der Waals surface area (Å²) in [6.07, 6.45) is 10.0. The van der Waals surface area contributed by atoms with E-state index in [0.717, 1.165) is 93.7 Å². The van der Waals surface area contributed by atoms with Crippen molar-refractivity contribution in [3.05, 3.63) is 106 Å². The standard InChI is InChI=1S/C50H57N9O7S/c1-49(2,32-51)40-7-4-3-6-38(40)42-8-5-19-57(42)36-29-50(30-36)16-20-56(21-17-50)35-9-11-39(43(27-35)58-22-25-66-48-45(58)26-34-13-18-52-46(34)54-48)47(60)55-67(63,64)37-10-12-41(44(28-37)59(61)62)53-31-33-14-23-65-24-15-33/h3-4,6-7,9-13,18,26-28,33,36,42,53H,5,8,14-17,19-25,29-31H2,1-2H3,(H,52,54)(H,55,60)/t42-/m0/s1. The number of nitrogens with one attached hydrogen (secondary N) is 3. The minimum atomic E-state index is -4.56. The number of benzene rings is 3. The molecule has 1 aliphatic carbocycles. The van der Waals surface area contributed by atoms with E-state index in [9.17, 15) is 28.6 Å². The number of carbonyl (C=O) groups is 1. The first kappa shape index (κ1) is 44.6. The third kappa shape index (κ3) is 8.66. The summed E-state index contributed by atoms with van der Waals surface area (Å²) in [6.45, 7) is 9.15. The molecular weight excluding hydrogens is 871 g/mol. The largest absolute Gasteiger partial charge is 0.474 e. The number of ether oxygens (including phenoxy) is 2. The monoisotopic (exact) mass is 927 g/mol. The third-order valence-corrected chi connectivity index (χ3v) is 16.4. The van der Waals surface area contributed by atoms with E-state index in [0.29, 0.717) is 61.3 Å². The Balaban J connectivity index is 0.882. The number of anilines is 4. The highest BCUT2D eigenvalue weighted by molar-refractivity contribution is 7.90. The Hall–Kier alpha value is -6.22. The number of amides is 1. The number of aromatic nitrogens is 2. The number of fused-ring (bicyclic) bond motifs is 2. The number of sulfonamides is 1. The van der Waals surface area contributed by atoms with Crippen molar-refractivity contribution in [3.8, 4) is 11.9 Å². The van der Waals surface area contributed by atoms with Crippen molar-refractivity contribution in [1.29, 1.82) is 5.26 Å². The predicted octanol–water partition coefficient (Wildman–Crippen LogP) is 8.35. The molecule has 1 spiro atoms. The Morgan fingerprint density at radius 1 is 0.985 bits per heavy atom. The molecule has 6 heterocycles. The van der Waals surface area contributed by atoms with Crippen molar-refractivity contribution < 1.29 is 27.6 Å². The van der Waals surface area contributed by atoms with Crippen molar-refractivity contribution in [2.24, 2.45) is 11.3 Å². The van der Waals surface area contributed by atoms with Crippen LogP contribution in [0.25, 0.3) is 11.0 Å². The number of nitro groups is 1. The molecule has 3 N–H and O–H groups in total. The van der Waals surface area contributed by atoms with Gasteiger partial charge in [-0.1, -0.05) is 24.3 Å². The first-order valence-electron chi connectivity index (χ1n) is 23.5. The first-order valence-corrected chi connectivity index (χ1v) is 25.0. The zero-order chi connectivity index (χ0) is 46.5. The summed E-state index contributed by atoms with van der Waals surface area (Å²) >= 11 is 0. The molecule has 0 radical (unpaired) electrons. The Labute approximate surface area is 390 Å². The van der Waals surface area contributed by atoms with Gasteiger partial charge in [-0.25, -0.2) is 13.1 Å². The van der Waals surface area contributed by atoms with Crippen LogP contribution in [0.4, 0.5) is 28.4 Å². The molecule has 350 valence electrons. The van der Waals surface area contributed by atoms with E-state index in [4.69, 9.17) is 14.5 Å². The van der Waals surface area contributed by atoms with Crippen LogP contribution in [0.15, 0.2) is 83.9 Å². The van der Waals surface area contributed by atoms with Crippen LogP contribution >= 0.6 is 0 Å². The second-order valence-electron chi connectivity index (χ2n) is 19.5. The van der Waals surface area contributed by atoms with Gasteiger partial charge in [0.1, 0.15) is 23.6 Å². The lowest BCUT2D eigenvalue weighted by Crippen LogP contribution is -2.55. The second kappa shape index (κ2) is 17.8. The van der Waals surface area contributed by atoms with Gasteiger partial charge in [-0.15, -0.1) is 0 Å². The molecule has 2 aromatic heterocycles. The number of piperidine rings is 1. The van der Waals surface area contributed by atoms with E-state index >= 15 is 0 Å². The van der Waals surface area contributed by atoms with Crippen molar-refractivity contribution in [1.82, 2.24) is 19.6 Å². The molecule has 5 aliphatic rings. The van der Waals surface area contributed by atoms with Gasteiger partial charge in [0, 0.05) is 68.3 Å². The molecule has 0 unspecified atom stereocenters. The summed E-state index contributed by atoms with van der Waals surface area (Å²) in [5, 5.41) is 26.2. The van der Waals surface area contributed by atoms with Crippen LogP contribution in [0.1, 0.15) is 92.7 Å². The topological polar surface area (TPSA) is 199 Å². The number of likely N-dealkylation sites (tertiary alicyclic amines) is 1. The fraction of sp³-hybridized carbons (Fsp3) is 0.460. The molecule has 3 aromatic carbocycles. The number of aromatic amines is 1. The van der Waals surface area contributed by atoms with E-state index in [-0.39, 0.29) is 29.2 Å². The minimum absolute atomic E-state index is 0.119. The fourth-order valence-corrected chi connectivity index (χ4v) is 12.2. The predicted molar refractivity (Wildman–Crippen MR) is 255 cm³/mol. The summed E-state index contributed by atoms with van der Waals surface area (Å²) < 4.78 is 41.5. The molecular formula is C50H57N9O7S. The van der Waals surface area contributed by atoms with E-state index in [1.165, 1.54) is 17.7 Å². The summed E-state index contributed by atoms with van der Waals surface area (Å²) in [6, 6.07) is 24.8. The quantitative estimate of drug-likeness (QED) is 0.0798. The number of hydrogen-bond donors (Lipinski definition) is 3. The number of carbonyl (C=O) groups excluding carboxylic acids is 1. The number of pyridine rings is 1. The van der Waals surface area contributed by atoms with Gasteiger partial charge in [0.05, 0.1) is 39.1 Å². The van der Waals surface area contributed by atoms with Gasteiger partial charge in [0.2, 0.25) is 5.88 Å². The van der Waals surface area contributed by atoms with Gasteiger partial charge in [0.15, 0.2) is 0 Å². The fourth-order valence-electron chi connectivity index (χ4n) is 11.2. The molecule has 67 heavy (non-hydrogen) atoms. The molecule has 0 bridgehead atoms. The molecule has 1 saturated carbocycles. The zero-order valence-electron chi connectivity index (χ0n) is 38.0. The lowest BCUT2D eigenvalue weighted by atomic mass is 9.59. The molecule has 3 saturated heterocycles. The highest BCUT2D eigenvalue weighted by atomic mass is 32.2. The van der Waals surface area contributed by atoms with E-state index in [1.54, 1.807) is 12.3 Å². The van der Waals surface area contributed by atoms with Crippen LogP contribution in [0.3, 0.4) is 0 Å². The normalized spacial score (nSPS) is 20.2. The van der Waals surface area contributed by atoms with Gasteiger partial charge in [-0.05, 0) is 137 Å². The maximum absolute atomic E-state index is 14.3. The highest BCUT2D eigenvalue weighted by Gasteiger charge is 2.50. The lowest BCUT2D eigenvalue weighted by Gasteiger charge is -2.56. The smallest absolute Gasteiger partial charge is 0.293 e. The Kier molecular flexibility index (Phi) is 11.8. The second-order valence-corrected chi connectivity index (χ2v) is 21.2. The molecule has 5 aromatic rings. The molecule has 1 atom stereocenters. The van der Waals surface area contributed by atoms with Crippen molar-refractivity contribution in [2.45, 2.75) is 87.6 Å². The Morgan fingerprint density at radius 3 is 2.55 bits per heavy atom. The van der Waals surface area contributed by atoms with Crippen LogP contribution in [-0.4, -0.2) is 92.7 Å². The van der Waals surface area contributed by atoms with Crippen LogP contribution in [0.5, 0.6) is 5.88 Å². The Morgan fingerprint density at radius 2 is 1.78 bits per heavy atom. The Bertz CT molecular complexity index is 2860. The minimum Gasteiger partial charge on any atom is -0.474 e. The number of nitro benzene ring substituents is 1. The van der Waals surface area contributed by atoms with Gasteiger partial charge < -0.3 is 29.6 Å². The van der Waals surface area contributed by atoms with Crippen LogP contribution in [0, 0.1) is 32.8 Å². The summed E-state index contributed by atoms with van der Waals surface area (Å²) in [4.78, 5) is 40.4. The van der Waals surface area contributed by atoms with Gasteiger partial charge in [-0.2, -0.15) is 10.2 Å². The maximum Gasteiger partial charge on any atom is 0.293 e. The van der Waals surface area contributed by atoms with Crippen molar-refractivity contribution in [2.75, 3.05) is 67.7 Å². The molecule has 17 heteroatoms. The number of nitrogens with zero attached hydrogens (tertiary/aromatic N) is 6. The molecule has 1 amide bonds. The van der Waals surface area contributed by atoms with Gasteiger partial charge in [0.25, 0.3) is 21.6 Å². The number of H-pyrrole nitrogens is 1. The number of nitriles is 1. The maximum atomic E-state index is 14.3. The SMILES string of the molecule is CC(C)(C#N)c1ccccc1[C@@H]1CCCN1C1CC2(CCN(c3ccc(C(=O)NS(=O)(=O)c4ccc(NCC5CCOCC5)c([N+](=O)[O-])c4)c(N4CCOc5nc6[nH]ccc6cc54)c3)CC2)C1. The highest BCUT2D eigenvalue weighted by Crippen LogP contribution is 2.54. The van der Waals surface area contributed by atoms with E-state index < -0.39 is 36.9 Å². The summed E-state index contributed by atoms with van der Waals surface area (Å²) in [7, 11) is -4.56. The van der Waals surface area contributed by atoms with E-state index in [1.807, 2.05) is 49.1 Å². The van der Waals surface area contributed by atoms with Crippen LogP contribution in [0.2, 0.25) is 0 Å².